The van der Waals surface area contributed by atoms with E-state index in [-0.39, 0.29) is 4.90 Å². The topological polar surface area (TPSA) is 83.5 Å². The maximum atomic E-state index is 13.0. The number of sulfonamides is 1. The Kier molecular flexibility index (Phi) is 5.35. The molecule has 0 spiro atoms. The average molecular weight is 358 g/mol. The molecule has 2 aromatic rings. The summed E-state index contributed by atoms with van der Waals surface area (Å²) >= 11 is 5.72. The van der Waals surface area contributed by atoms with Gasteiger partial charge in [0.05, 0.1) is 17.4 Å². The molecule has 0 aliphatic rings. The minimum Gasteiger partial charge on any atom is -0.481 e. The van der Waals surface area contributed by atoms with Crippen LogP contribution in [0.3, 0.4) is 0 Å². The van der Waals surface area contributed by atoms with E-state index >= 15 is 0 Å². The van der Waals surface area contributed by atoms with E-state index in [1.165, 1.54) is 36.4 Å². The zero-order valence-electron chi connectivity index (χ0n) is 11.7. The summed E-state index contributed by atoms with van der Waals surface area (Å²) in [7, 11) is -3.95. The second-order valence-electron chi connectivity index (χ2n) is 4.78. The van der Waals surface area contributed by atoms with Crippen molar-refractivity contribution in [2.75, 3.05) is 0 Å². The number of carboxylic acids is 1. The molecule has 0 fully saturated rings. The van der Waals surface area contributed by atoms with Crippen molar-refractivity contribution in [1.82, 2.24) is 4.72 Å². The molecule has 0 bridgehead atoms. The highest BCUT2D eigenvalue weighted by Gasteiger charge is 2.23. The van der Waals surface area contributed by atoms with Gasteiger partial charge in [0.2, 0.25) is 10.0 Å². The lowest BCUT2D eigenvalue weighted by molar-refractivity contribution is -0.137. The lowest BCUT2D eigenvalue weighted by Crippen LogP contribution is -2.30. The average Bonchev–Trinajstić information content (AvgIpc) is 2.47. The third kappa shape index (κ3) is 4.75. The Morgan fingerprint density at radius 1 is 1.13 bits per heavy atom. The zero-order valence-corrected chi connectivity index (χ0v) is 13.3. The molecule has 0 saturated heterocycles. The molecular formula is C15H13ClFNO4S. The van der Waals surface area contributed by atoms with Crippen LogP contribution in [0.25, 0.3) is 0 Å². The molecule has 0 amide bonds. The Hall–Kier alpha value is -1.96. The highest BCUT2D eigenvalue weighted by molar-refractivity contribution is 7.89. The first kappa shape index (κ1) is 17.4. The summed E-state index contributed by atoms with van der Waals surface area (Å²) in [6, 6.07) is 9.40. The van der Waals surface area contributed by atoms with Crippen LogP contribution in [0.2, 0.25) is 5.02 Å². The van der Waals surface area contributed by atoms with Gasteiger partial charge in [-0.3, -0.25) is 4.79 Å². The third-order valence-electron chi connectivity index (χ3n) is 3.07. The Morgan fingerprint density at radius 2 is 1.70 bits per heavy atom. The number of hydrogen-bond acceptors (Lipinski definition) is 3. The quantitative estimate of drug-likeness (QED) is 0.832. The Balaban J connectivity index is 2.31. The normalized spacial score (nSPS) is 12.8. The van der Waals surface area contributed by atoms with Crippen molar-refractivity contribution in [3.63, 3.8) is 0 Å². The maximum Gasteiger partial charge on any atom is 0.305 e. The maximum absolute atomic E-state index is 13.0. The van der Waals surface area contributed by atoms with Crippen molar-refractivity contribution in [1.29, 1.82) is 0 Å². The van der Waals surface area contributed by atoms with E-state index in [9.17, 15) is 17.6 Å². The number of nitrogens with one attached hydrogen (secondary N) is 1. The largest absolute Gasteiger partial charge is 0.481 e. The van der Waals surface area contributed by atoms with E-state index in [4.69, 9.17) is 16.7 Å². The molecule has 0 aliphatic heterocycles. The van der Waals surface area contributed by atoms with Gasteiger partial charge in [0.15, 0.2) is 0 Å². The summed E-state index contributed by atoms with van der Waals surface area (Å²) in [6.07, 6.45) is -0.474. The highest BCUT2D eigenvalue weighted by Crippen LogP contribution is 2.22. The molecule has 23 heavy (non-hydrogen) atoms. The molecule has 0 unspecified atom stereocenters. The van der Waals surface area contributed by atoms with Crippen molar-refractivity contribution in [3.8, 4) is 0 Å². The van der Waals surface area contributed by atoms with Gasteiger partial charge < -0.3 is 5.11 Å². The van der Waals surface area contributed by atoms with Gasteiger partial charge >= 0.3 is 5.97 Å². The Bertz CT molecular complexity index is 791. The molecule has 122 valence electrons. The monoisotopic (exact) mass is 357 g/mol. The fourth-order valence-electron chi connectivity index (χ4n) is 1.97. The van der Waals surface area contributed by atoms with E-state index in [1.807, 2.05) is 0 Å². The highest BCUT2D eigenvalue weighted by atomic mass is 35.5. The minimum atomic E-state index is -3.95. The molecule has 1 atom stereocenters. The molecule has 0 saturated carbocycles. The molecule has 0 heterocycles. The van der Waals surface area contributed by atoms with Gasteiger partial charge in [-0.2, -0.15) is 0 Å². The summed E-state index contributed by atoms with van der Waals surface area (Å²) in [5.41, 5.74) is 0.353. The van der Waals surface area contributed by atoms with E-state index in [2.05, 4.69) is 4.72 Å². The van der Waals surface area contributed by atoms with Gasteiger partial charge in [0.1, 0.15) is 5.82 Å². The molecule has 8 heteroatoms. The zero-order chi connectivity index (χ0) is 17.0. The Labute approximate surface area is 137 Å². The number of halogens is 2. The van der Waals surface area contributed by atoms with Crippen molar-refractivity contribution in [2.45, 2.75) is 17.4 Å². The lowest BCUT2D eigenvalue weighted by Gasteiger charge is -2.17. The summed E-state index contributed by atoms with van der Waals surface area (Å²) in [5.74, 6) is -1.68. The van der Waals surface area contributed by atoms with Gasteiger partial charge in [-0.25, -0.2) is 17.5 Å². The number of carboxylic acid groups (broad SMARTS) is 1. The van der Waals surface area contributed by atoms with E-state index in [1.54, 1.807) is 0 Å². The fourth-order valence-corrected chi connectivity index (χ4v) is 3.32. The van der Waals surface area contributed by atoms with Gasteiger partial charge in [-0.05, 0) is 42.0 Å². The van der Waals surface area contributed by atoms with Gasteiger partial charge in [-0.15, -0.1) is 0 Å². The van der Waals surface area contributed by atoms with Crippen molar-refractivity contribution in [2.24, 2.45) is 0 Å². The van der Waals surface area contributed by atoms with Crippen LogP contribution in [-0.2, 0) is 14.8 Å². The van der Waals surface area contributed by atoms with Crippen LogP contribution < -0.4 is 4.72 Å². The molecule has 2 rings (SSSR count). The van der Waals surface area contributed by atoms with Crippen LogP contribution in [0.5, 0.6) is 0 Å². The summed E-state index contributed by atoms with van der Waals surface area (Å²) in [5, 5.41) is 9.36. The SMILES string of the molecule is O=C(O)C[C@H](NS(=O)(=O)c1ccc(Cl)cc1)c1ccc(F)cc1. The second kappa shape index (κ2) is 7.08. The van der Waals surface area contributed by atoms with Gasteiger partial charge in [-0.1, -0.05) is 23.7 Å². The smallest absolute Gasteiger partial charge is 0.305 e. The number of carbonyl (C=O) groups is 1. The van der Waals surface area contributed by atoms with Crippen molar-refractivity contribution in [3.05, 3.63) is 64.9 Å². The van der Waals surface area contributed by atoms with Crippen LogP contribution in [0.1, 0.15) is 18.0 Å². The first-order valence-electron chi connectivity index (χ1n) is 6.53. The molecule has 0 radical (unpaired) electrons. The van der Waals surface area contributed by atoms with Gasteiger partial charge in [0.25, 0.3) is 0 Å². The standard InChI is InChI=1S/C15H13ClFNO4S/c16-11-3-7-13(8-4-11)23(21,22)18-14(9-15(19)20)10-1-5-12(17)6-2-10/h1-8,14,18H,9H2,(H,19,20)/t14-/m0/s1. The predicted molar refractivity (Wildman–Crippen MR) is 83.2 cm³/mol. The van der Waals surface area contributed by atoms with Crippen molar-refractivity contribution >= 4 is 27.6 Å². The van der Waals surface area contributed by atoms with Crippen LogP contribution in [0.4, 0.5) is 4.39 Å². The number of benzene rings is 2. The molecule has 2 aromatic carbocycles. The predicted octanol–water partition coefficient (Wildman–Crippen LogP) is 2.97. The number of hydrogen-bond donors (Lipinski definition) is 2. The second-order valence-corrected chi connectivity index (χ2v) is 6.93. The molecule has 5 nitrogen and oxygen atoms in total. The number of aliphatic carboxylic acids is 1. The minimum absolute atomic E-state index is 0.0422. The molecular weight excluding hydrogens is 345 g/mol. The van der Waals surface area contributed by atoms with E-state index in [0.29, 0.717) is 10.6 Å². The van der Waals surface area contributed by atoms with Crippen molar-refractivity contribution < 1.29 is 22.7 Å². The fraction of sp³-hybridized carbons (Fsp3) is 0.133. The first-order chi connectivity index (χ1) is 10.8. The van der Waals surface area contributed by atoms with E-state index in [0.717, 1.165) is 12.1 Å². The molecule has 0 aliphatic carbocycles. The lowest BCUT2D eigenvalue weighted by atomic mass is 10.1. The Morgan fingerprint density at radius 3 is 2.22 bits per heavy atom. The van der Waals surface area contributed by atoms with Crippen LogP contribution in [0.15, 0.2) is 53.4 Å². The molecule has 2 N–H and O–H groups in total. The summed E-state index contributed by atoms with van der Waals surface area (Å²) in [6.45, 7) is 0. The van der Waals surface area contributed by atoms with Crippen LogP contribution in [-0.4, -0.2) is 19.5 Å². The van der Waals surface area contributed by atoms with Crippen LogP contribution >= 0.6 is 11.6 Å². The summed E-state index contributed by atoms with van der Waals surface area (Å²) in [4.78, 5) is 10.9. The number of rotatable bonds is 6. The first-order valence-corrected chi connectivity index (χ1v) is 8.39. The van der Waals surface area contributed by atoms with Gasteiger partial charge in [0, 0.05) is 5.02 Å². The summed E-state index contributed by atoms with van der Waals surface area (Å²) < 4.78 is 40.0. The van der Waals surface area contributed by atoms with Crippen LogP contribution in [0, 0.1) is 5.82 Å². The molecule has 0 aromatic heterocycles. The van der Waals surface area contributed by atoms with E-state index < -0.39 is 34.3 Å². The third-order valence-corrected chi connectivity index (χ3v) is 4.81.